The van der Waals surface area contributed by atoms with Gasteiger partial charge < -0.3 is 78.1 Å². The molecule has 0 aliphatic heterocycles. The lowest BCUT2D eigenvalue weighted by Crippen LogP contribution is -2.44. The van der Waals surface area contributed by atoms with Crippen molar-refractivity contribution >= 4 is 21.7 Å². The Kier molecular flexibility index (Phi) is 26.8. The lowest BCUT2D eigenvalue weighted by atomic mass is 10.2. The summed E-state index contributed by atoms with van der Waals surface area (Å²) in [5.74, 6) is -0.303. The molecule has 0 saturated carbocycles. The van der Waals surface area contributed by atoms with Crippen LogP contribution in [0.4, 0.5) is 0 Å². The summed E-state index contributed by atoms with van der Waals surface area (Å²) in [5.41, 5.74) is -0.345. The van der Waals surface area contributed by atoms with E-state index in [1.807, 2.05) is 20.8 Å². The fourth-order valence-electron chi connectivity index (χ4n) is 3.87. The maximum Gasteiger partial charge on any atom is 0.0900 e. The molecule has 0 aromatic heterocycles. The van der Waals surface area contributed by atoms with Gasteiger partial charge >= 0.3 is 0 Å². The third-order valence-corrected chi connectivity index (χ3v) is 7.81. The molecule has 0 aliphatic carbocycles. The molecule has 0 aromatic carbocycles. The second kappa shape index (κ2) is 26.8. The van der Waals surface area contributed by atoms with Gasteiger partial charge in [-0.1, -0.05) is 0 Å². The van der Waals surface area contributed by atoms with Crippen molar-refractivity contribution in [3.8, 4) is 0 Å². The summed E-state index contributed by atoms with van der Waals surface area (Å²) >= 11 is 0. The van der Waals surface area contributed by atoms with Crippen LogP contribution in [-0.4, -0.2) is 188 Å². The molecular formula is C27H65N5O12S2. The molecule has 0 fully saturated rings. The van der Waals surface area contributed by atoms with E-state index in [-0.39, 0.29) is 56.6 Å². The SMILES string of the molecule is CC(C)(C)OCC(O)CN(CCNCCNCCNCC(O)COCCCS(O)(O)O)CCNCC(O)COCCCS(O)(O)O. The van der Waals surface area contributed by atoms with E-state index in [0.717, 1.165) is 13.1 Å². The summed E-state index contributed by atoms with van der Waals surface area (Å²) in [6, 6.07) is 0. The molecule has 0 rings (SSSR count). The first-order valence-electron chi connectivity index (χ1n) is 15.8. The third-order valence-electron chi connectivity index (χ3n) is 6.14. The fraction of sp³-hybridized carbons (Fsp3) is 1.00. The largest absolute Gasteiger partial charge is 0.389 e. The third kappa shape index (κ3) is 35.3. The average molecular weight is 716 g/mol. The smallest absolute Gasteiger partial charge is 0.0900 e. The summed E-state index contributed by atoms with van der Waals surface area (Å²) in [6.07, 6.45) is -1.51. The average Bonchev–Trinajstić information content (AvgIpc) is 2.93. The number of rotatable bonds is 32. The second-order valence-corrected chi connectivity index (χ2v) is 15.5. The number of nitrogens with one attached hydrogen (secondary N) is 4. The Balaban J connectivity index is 4.10. The first-order chi connectivity index (χ1) is 21.5. The predicted molar refractivity (Wildman–Crippen MR) is 183 cm³/mol. The minimum atomic E-state index is -3.51. The van der Waals surface area contributed by atoms with Gasteiger partial charge in [-0.05, 0) is 33.6 Å². The van der Waals surface area contributed by atoms with Crippen LogP contribution in [0.25, 0.3) is 0 Å². The molecule has 0 spiro atoms. The Morgan fingerprint density at radius 3 is 1.46 bits per heavy atom. The molecule has 0 amide bonds. The summed E-state index contributed by atoms with van der Waals surface area (Å²) in [5, 5.41) is 43.5. The van der Waals surface area contributed by atoms with Gasteiger partial charge in [-0.25, -0.2) is 0 Å². The molecule has 3 unspecified atom stereocenters. The molecule has 0 aliphatic rings. The van der Waals surface area contributed by atoms with Crippen LogP contribution >= 0.6 is 21.7 Å². The van der Waals surface area contributed by atoms with E-state index < -0.39 is 40.1 Å². The zero-order chi connectivity index (χ0) is 34.9. The number of aliphatic hydroxyl groups is 3. The van der Waals surface area contributed by atoms with E-state index in [1.54, 1.807) is 0 Å². The van der Waals surface area contributed by atoms with E-state index in [1.165, 1.54) is 0 Å². The Bertz CT molecular complexity index is 705. The van der Waals surface area contributed by atoms with Gasteiger partial charge in [0.05, 0.1) is 65.5 Å². The maximum atomic E-state index is 10.5. The van der Waals surface area contributed by atoms with Crippen LogP contribution < -0.4 is 21.3 Å². The monoisotopic (exact) mass is 715 g/mol. The summed E-state index contributed by atoms with van der Waals surface area (Å²) in [7, 11) is -7.00. The van der Waals surface area contributed by atoms with Gasteiger partial charge in [-0.3, -0.25) is 4.90 Å². The zero-order valence-electron chi connectivity index (χ0n) is 27.9. The van der Waals surface area contributed by atoms with Crippen LogP contribution in [0.15, 0.2) is 0 Å². The molecule has 0 saturated heterocycles. The van der Waals surface area contributed by atoms with Crippen molar-refractivity contribution in [2.45, 2.75) is 57.5 Å². The van der Waals surface area contributed by atoms with Crippen LogP contribution in [0, 0.1) is 0 Å². The van der Waals surface area contributed by atoms with Crippen molar-refractivity contribution in [1.29, 1.82) is 0 Å². The topological polar surface area (TPSA) is 261 Å². The molecule has 13 N–H and O–H groups in total. The van der Waals surface area contributed by atoms with Gasteiger partial charge in [0.15, 0.2) is 0 Å². The van der Waals surface area contributed by atoms with Crippen LogP contribution in [0.5, 0.6) is 0 Å². The molecule has 282 valence electrons. The van der Waals surface area contributed by atoms with Gasteiger partial charge in [0.25, 0.3) is 0 Å². The first kappa shape index (κ1) is 46.0. The van der Waals surface area contributed by atoms with Gasteiger partial charge in [0, 0.05) is 96.7 Å². The zero-order valence-corrected chi connectivity index (χ0v) is 29.5. The fourth-order valence-corrected chi connectivity index (χ4v) is 4.88. The highest BCUT2D eigenvalue weighted by molar-refractivity contribution is 8.19. The van der Waals surface area contributed by atoms with Crippen LogP contribution in [-0.2, 0) is 14.2 Å². The number of aliphatic hydroxyl groups excluding tert-OH is 3. The number of ether oxygens (including phenoxy) is 3. The van der Waals surface area contributed by atoms with E-state index in [9.17, 15) is 15.3 Å². The molecule has 46 heavy (non-hydrogen) atoms. The second-order valence-electron chi connectivity index (χ2n) is 12.1. The lowest BCUT2D eigenvalue weighted by Gasteiger charge is -2.27. The van der Waals surface area contributed by atoms with E-state index in [2.05, 4.69) is 26.2 Å². The minimum absolute atomic E-state index is 0.0857. The van der Waals surface area contributed by atoms with E-state index in [4.69, 9.17) is 41.5 Å². The summed E-state index contributed by atoms with van der Waals surface area (Å²) in [4.78, 5) is 2.12. The molecule has 0 radical (unpaired) electrons. The molecule has 19 heteroatoms. The molecule has 0 aromatic rings. The molecule has 17 nitrogen and oxygen atoms in total. The Morgan fingerprint density at radius 1 is 0.587 bits per heavy atom. The number of hydrogen-bond acceptors (Lipinski definition) is 17. The van der Waals surface area contributed by atoms with E-state index >= 15 is 0 Å². The van der Waals surface area contributed by atoms with Crippen LogP contribution in [0.1, 0.15) is 33.6 Å². The maximum absolute atomic E-state index is 10.5. The van der Waals surface area contributed by atoms with Crippen LogP contribution in [0.2, 0.25) is 0 Å². The van der Waals surface area contributed by atoms with Crippen molar-refractivity contribution in [2.24, 2.45) is 0 Å². The van der Waals surface area contributed by atoms with Crippen molar-refractivity contribution in [2.75, 3.05) is 117 Å². The van der Waals surface area contributed by atoms with Gasteiger partial charge in [-0.15, -0.1) is 0 Å². The van der Waals surface area contributed by atoms with Gasteiger partial charge in [0.2, 0.25) is 0 Å². The molecule has 0 heterocycles. The van der Waals surface area contributed by atoms with Crippen molar-refractivity contribution in [3.05, 3.63) is 0 Å². The lowest BCUT2D eigenvalue weighted by molar-refractivity contribution is -0.0559. The van der Waals surface area contributed by atoms with Gasteiger partial charge in [-0.2, -0.15) is 0 Å². The highest BCUT2D eigenvalue weighted by Gasteiger charge is 2.17. The normalized spacial score (nSPS) is 15.8. The number of hydrogen-bond donors (Lipinski definition) is 13. The quantitative estimate of drug-likeness (QED) is 0.0403. The minimum Gasteiger partial charge on any atom is -0.389 e. The Hall–Kier alpha value is 0.0200. The Labute approximate surface area is 278 Å². The van der Waals surface area contributed by atoms with Crippen molar-refractivity contribution in [3.63, 3.8) is 0 Å². The highest BCUT2D eigenvalue weighted by atomic mass is 32.3. The van der Waals surface area contributed by atoms with Crippen LogP contribution in [0.3, 0.4) is 0 Å². The highest BCUT2D eigenvalue weighted by Crippen LogP contribution is 2.33. The molecule has 0 bridgehead atoms. The van der Waals surface area contributed by atoms with Crippen molar-refractivity contribution in [1.82, 2.24) is 26.2 Å². The van der Waals surface area contributed by atoms with E-state index in [0.29, 0.717) is 65.3 Å². The first-order valence-corrected chi connectivity index (χ1v) is 19.2. The van der Waals surface area contributed by atoms with Crippen molar-refractivity contribution < 1.29 is 56.8 Å². The predicted octanol–water partition coefficient (Wildman–Crippen LogP) is -0.195. The summed E-state index contributed by atoms with van der Waals surface area (Å²) in [6.45, 7) is 13.3. The van der Waals surface area contributed by atoms with Gasteiger partial charge in [0.1, 0.15) is 0 Å². The summed E-state index contributed by atoms with van der Waals surface area (Å²) < 4.78 is 69.8. The molecule has 3 atom stereocenters. The number of nitrogens with zero attached hydrogens (tertiary/aromatic N) is 1. The standard InChI is InChI=1S/C27H65N5O12S2/c1-27(2,3)44-23-26(35)20-32(13-11-31-19-25(34)22-43-15-5-17-46(39,40)41)12-10-29-7-6-28-8-9-30-18-24(33)21-42-14-4-16-45(36,37)38/h24-26,28-31,33-41H,4-23H2,1-3H3. The molecular weight excluding hydrogens is 650 g/mol. The Morgan fingerprint density at radius 2 is 1.00 bits per heavy atom.